The Bertz CT molecular complexity index is 377. The summed E-state index contributed by atoms with van der Waals surface area (Å²) in [4.78, 5) is 10.9. The van der Waals surface area contributed by atoms with Gasteiger partial charge in [-0.3, -0.25) is 4.79 Å². The van der Waals surface area contributed by atoms with Crippen molar-refractivity contribution in [3.8, 4) is 5.75 Å². The number of halogens is 1. The lowest BCUT2D eigenvalue weighted by Gasteiger charge is -2.05. The average molecular weight is 240 g/mol. The maximum atomic E-state index is 13.2. The third-order valence-electron chi connectivity index (χ3n) is 2.49. The number of aryl methyl sites for hydroxylation is 1. The third-order valence-corrected chi connectivity index (χ3v) is 2.49. The number of carbonyl (C=O) groups is 1. The molecule has 4 heteroatoms. The van der Waals surface area contributed by atoms with E-state index in [1.165, 1.54) is 26.4 Å². The molecule has 0 bridgehead atoms. The quantitative estimate of drug-likeness (QED) is 0.566. The Hall–Kier alpha value is -1.58. The first-order chi connectivity index (χ1) is 8.15. The molecule has 1 aromatic carbocycles. The lowest BCUT2D eigenvalue weighted by Crippen LogP contribution is -2.00. The zero-order valence-corrected chi connectivity index (χ0v) is 10.2. The Labute approximate surface area is 101 Å². The van der Waals surface area contributed by atoms with Gasteiger partial charge in [-0.1, -0.05) is 0 Å². The fraction of sp³-hybridized carbons (Fsp3) is 0.462. The van der Waals surface area contributed by atoms with Gasteiger partial charge >= 0.3 is 5.97 Å². The summed E-state index contributed by atoms with van der Waals surface area (Å²) in [5.74, 6) is 0.0158. The molecule has 17 heavy (non-hydrogen) atoms. The molecule has 0 saturated carbocycles. The summed E-state index contributed by atoms with van der Waals surface area (Å²) in [5.41, 5.74) is 0.881. The Kier molecular flexibility index (Phi) is 5.46. The molecule has 0 N–H and O–H groups in total. The lowest BCUT2D eigenvalue weighted by molar-refractivity contribution is -0.140. The van der Waals surface area contributed by atoms with E-state index in [2.05, 4.69) is 4.74 Å². The molecule has 0 atom stereocenters. The normalized spacial score (nSPS) is 10.1. The van der Waals surface area contributed by atoms with Gasteiger partial charge in [-0.15, -0.1) is 0 Å². The van der Waals surface area contributed by atoms with Gasteiger partial charge in [0.05, 0.1) is 14.2 Å². The van der Waals surface area contributed by atoms with Crippen LogP contribution in [0, 0.1) is 5.82 Å². The highest BCUT2D eigenvalue weighted by molar-refractivity contribution is 5.68. The van der Waals surface area contributed by atoms with Gasteiger partial charge in [-0.25, -0.2) is 4.39 Å². The van der Waals surface area contributed by atoms with E-state index >= 15 is 0 Å². The van der Waals surface area contributed by atoms with Crippen LogP contribution in [0.3, 0.4) is 0 Å². The monoisotopic (exact) mass is 240 g/mol. The van der Waals surface area contributed by atoms with E-state index < -0.39 is 0 Å². The second-order valence-electron chi connectivity index (χ2n) is 3.78. The maximum Gasteiger partial charge on any atom is 0.305 e. The van der Waals surface area contributed by atoms with Crippen molar-refractivity contribution >= 4 is 5.97 Å². The van der Waals surface area contributed by atoms with Gasteiger partial charge in [-0.2, -0.15) is 0 Å². The molecule has 0 fully saturated rings. The van der Waals surface area contributed by atoms with Crippen molar-refractivity contribution in [2.24, 2.45) is 0 Å². The first-order valence-corrected chi connectivity index (χ1v) is 5.56. The van der Waals surface area contributed by atoms with Crippen LogP contribution < -0.4 is 4.74 Å². The molecule has 0 aliphatic heterocycles. The molecule has 0 radical (unpaired) electrons. The summed E-state index contributed by atoms with van der Waals surface area (Å²) in [5, 5.41) is 0. The number of unbranched alkanes of at least 4 members (excludes halogenated alkanes) is 1. The summed E-state index contributed by atoms with van der Waals surface area (Å²) in [6.45, 7) is 0. The first-order valence-electron chi connectivity index (χ1n) is 5.56. The molecule has 0 amide bonds. The molecule has 0 saturated heterocycles. The predicted octanol–water partition coefficient (Wildman–Crippen LogP) is 2.72. The summed E-state index contributed by atoms with van der Waals surface area (Å²) < 4.78 is 22.7. The molecular formula is C13H17FO3. The van der Waals surface area contributed by atoms with Crippen LogP contribution in [-0.4, -0.2) is 20.2 Å². The SMILES string of the molecule is COC(=O)CCCCc1cc(F)cc(OC)c1. The first kappa shape index (κ1) is 13.5. The minimum atomic E-state index is -0.299. The molecule has 0 heterocycles. The van der Waals surface area contributed by atoms with Crippen molar-refractivity contribution in [2.75, 3.05) is 14.2 Å². The topological polar surface area (TPSA) is 35.5 Å². The average Bonchev–Trinajstić information content (AvgIpc) is 2.33. The van der Waals surface area contributed by atoms with Crippen LogP contribution in [0.25, 0.3) is 0 Å². The second-order valence-corrected chi connectivity index (χ2v) is 3.78. The molecule has 3 nitrogen and oxygen atoms in total. The number of hydrogen-bond donors (Lipinski definition) is 0. The molecule has 0 spiro atoms. The van der Waals surface area contributed by atoms with Crippen molar-refractivity contribution in [3.05, 3.63) is 29.6 Å². The van der Waals surface area contributed by atoms with E-state index in [0.29, 0.717) is 12.2 Å². The minimum absolute atomic E-state index is 0.207. The molecule has 1 aromatic rings. The summed E-state index contributed by atoms with van der Waals surface area (Å²) in [6, 6.07) is 4.64. The molecule has 1 rings (SSSR count). The predicted molar refractivity (Wildman–Crippen MR) is 62.5 cm³/mol. The molecule has 0 aliphatic rings. The number of hydrogen-bond acceptors (Lipinski definition) is 3. The van der Waals surface area contributed by atoms with E-state index in [0.717, 1.165) is 24.8 Å². The molecule has 0 aliphatic carbocycles. The van der Waals surface area contributed by atoms with Gasteiger partial charge in [0.1, 0.15) is 11.6 Å². The zero-order valence-electron chi connectivity index (χ0n) is 10.2. The highest BCUT2D eigenvalue weighted by Crippen LogP contribution is 2.17. The van der Waals surface area contributed by atoms with Crippen molar-refractivity contribution in [1.82, 2.24) is 0 Å². The maximum absolute atomic E-state index is 13.2. The number of esters is 1. The number of rotatable bonds is 6. The second kappa shape index (κ2) is 6.89. The summed E-state index contributed by atoms with van der Waals surface area (Å²) >= 11 is 0. The van der Waals surface area contributed by atoms with Gasteiger partial charge in [0, 0.05) is 12.5 Å². The van der Waals surface area contributed by atoms with Crippen molar-refractivity contribution in [2.45, 2.75) is 25.7 Å². The number of carbonyl (C=O) groups excluding carboxylic acids is 1. The van der Waals surface area contributed by atoms with Gasteiger partial charge < -0.3 is 9.47 Å². The lowest BCUT2D eigenvalue weighted by atomic mass is 10.1. The molecule has 0 aromatic heterocycles. The fourth-order valence-electron chi connectivity index (χ4n) is 1.58. The number of methoxy groups -OCH3 is 2. The summed E-state index contributed by atoms with van der Waals surface area (Å²) in [7, 11) is 2.88. The largest absolute Gasteiger partial charge is 0.497 e. The van der Waals surface area contributed by atoms with Crippen LogP contribution in [-0.2, 0) is 16.0 Å². The van der Waals surface area contributed by atoms with Gasteiger partial charge in [0.15, 0.2) is 0 Å². The Balaban J connectivity index is 2.41. The van der Waals surface area contributed by atoms with Crippen molar-refractivity contribution in [3.63, 3.8) is 0 Å². The number of ether oxygens (including phenoxy) is 2. The van der Waals surface area contributed by atoms with Crippen LogP contribution >= 0.6 is 0 Å². The zero-order chi connectivity index (χ0) is 12.7. The van der Waals surface area contributed by atoms with E-state index in [9.17, 15) is 9.18 Å². The van der Waals surface area contributed by atoms with Crippen molar-refractivity contribution in [1.29, 1.82) is 0 Å². The van der Waals surface area contributed by atoms with Gasteiger partial charge in [0.25, 0.3) is 0 Å². The van der Waals surface area contributed by atoms with E-state index in [1.54, 1.807) is 6.07 Å². The van der Waals surface area contributed by atoms with Crippen LogP contribution in [0.15, 0.2) is 18.2 Å². The Morgan fingerprint density at radius 1 is 1.24 bits per heavy atom. The smallest absolute Gasteiger partial charge is 0.305 e. The van der Waals surface area contributed by atoms with Crippen LogP contribution in [0.2, 0.25) is 0 Å². The molecule has 0 unspecified atom stereocenters. The van der Waals surface area contributed by atoms with E-state index in [4.69, 9.17) is 4.74 Å². The number of benzene rings is 1. The standard InChI is InChI=1S/C13H17FO3/c1-16-12-8-10(7-11(14)9-12)5-3-4-6-13(15)17-2/h7-9H,3-6H2,1-2H3. The highest BCUT2D eigenvalue weighted by atomic mass is 19.1. The highest BCUT2D eigenvalue weighted by Gasteiger charge is 2.03. The Morgan fingerprint density at radius 2 is 2.00 bits per heavy atom. The van der Waals surface area contributed by atoms with Crippen LogP contribution in [0.5, 0.6) is 5.75 Å². The van der Waals surface area contributed by atoms with E-state index in [-0.39, 0.29) is 11.8 Å². The molecular weight excluding hydrogens is 223 g/mol. The van der Waals surface area contributed by atoms with Crippen LogP contribution in [0.1, 0.15) is 24.8 Å². The van der Waals surface area contributed by atoms with Gasteiger partial charge in [0.2, 0.25) is 0 Å². The minimum Gasteiger partial charge on any atom is -0.497 e. The Morgan fingerprint density at radius 3 is 2.65 bits per heavy atom. The fourth-order valence-corrected chi connectivity index (χ4v) is 1.58. The van der Waals surface area contributed by atoms with E-state index in [1.807, 2.05) is 0 Å². The van der Waals surface area contributed by atoms with Crippen molar-refractivity contribution < 1.29 is 18.7 Å². The van der Waals surface area contributed by atoms with Crippen LogP contribution in [0.4, 0.5) is 4.39 Å². The molecule has 94 valence electrons. The van der Waals surface area contributed by atoms with Gasteiger partial charge in [-0.05, 0) is 37.0 Å². The third kappa shape index (κ3) is 4.85. The summed E-state index contributed by atoms with van der Waals surface area (Å²) in [6.07, 6.45) is 2.70.